The van der Waals surface area contributed by atoms with Gasteiger partial charge in [-0.2, -0.15) is 0 Å². The second kappa shape index (κ2) is 9.48. The van der Waals surface area contributed by atoms with Crippen LogP contribution in [-0.2, 0) is 16.2 Å². The van der Waals surface area contributed by atoms with Gasteiger partial charge in [-0.05, 0) is 81.7 Å². The molecule has 4 rings (SSSR count). The Morgan fingerprint density at radius 3 is 2.48 bits per heavy atom. The molecule has 1 aliphatic heterocycles. The smallest absolute Gasteiger partial charge is 0.335 e. The number of hydrogen-bond acceptors (Lipinski definition) is 5. The SMILES string of the molecule is O=C1NC(=O)N(c2ccc(O)cc2)C(=O)/C1=C/c1ccc(OCc2cccc(Cl)c2)c(Br)c1. The molecule has 3 aromatic rings. The van der Waals surface area contributed by atoms with Gasteiger partial charge in [0.2, 0.25) is 0 Å². The van der Waals surface area contributed by atoms with Crippen molar-refractivity contribution in [2.45, 2.75) is 6.61 Å². The molecule has 4 amide bonds. The number of amides is 4. The van der Waals surface area contributed by atoms with Crippen LogP contribution < -0.4 is 15.0 Å². The first-order chi connectivity index (χ1) is 15.8. The number of rotatable bonds is 5. The molecule has 0 atom stereocenters. The Bertz CT molecular complexity index is 1290. The van der Waals surface area contributed by atoms with E-state index in [0.717, 1.165) is 10.5 Å². The van der Waals surface area contributed by atoms with E-state index in [-0.39, 0.29) is 17.0 Å². The monoisotopic (exact) mass is 526 g/mol. The van der Waals surface area contributed by atoms with Crippen molar-refractivity contribution in [2.24, 2.45) is 0 Å². The van der Waals surface area contributed by atoms with E-state index in [1.54, 1.807) is 24.3 Å². The third-order valence-electron chi connectivity index (χ3n) is 4.76. The number of nitrogens with zero attached hydrogens (tertiary/aromatic N) is 1. The molecule has 2 N–H and O–H groups in total. The van der Waals surface area contributed by atoms with Gasteiger partial charge in [0, 0.05) is 5.02 Å². The van der Waals surface area contributed by atoms with E-state index in [1.165, 1.54) is 30.3 Å². The predicted octanol–water partition coefficient (Wildman–Crippen LogP) is 5.05. The third-order valence-corrected chi connectivity index (χ3v) is 5.61. The lowest BCUT2D eigenvalue weighted by atomic mass is 10.1. The molecule has 1 heterocycles. The number of urea groups is 1. The quantitative estimate of drug-likeness (QED) is 0.357. The molecular weight excluding hydrogens is 512 g/mol. The van der Waals surface area contributed by atoms with Crippen LogP contribution >= 0.6 is 27.5 Å². The van der Waals surface area contributed by atoms with Crippen LogP contribution in [0.1, 0.15) is 11.1 Å². The average molecular weight is 528 g/mol. The zero-order valence-electron chi connectivity index (χ0n) is 16.9. The van der Waals surface area contributed by atoms with Crippen molar-refractivity contribution in [2.75, 3.05) is 4.90 Å². The maximum atomic E-state index is 12.9. The van der Waals surface area contributed by atoms with Gasteiger partial charge in [-0.3, -0.25) is 14.9 Å². The summed E-state index contributed by atoms with van der Waals surface area (Å²) < 4.78 is 6.44. The minimum absolute atomic E-state index is 0.0158. The van der Waals surface area contributed by atoms with Crippen LogP contribution in [0.25, 0.3) is 6.08 Å². The van der Waals surface area contributed by atoms with Crippen molar-refractivity contribution >= 4 is 57.1 Å². The van der Waals surface area contributed by atoms with E-state index in [4.69, 9.17) is 16.3 Å². The van der Waals surface area contributed by atoms with Gasteiger partial charge in [0.05, 0.1) is 10.2 Å². The Hall–Kier alpha value is -3.62. The number of barbiturate groups is 1. The molecule has 0 spiro atoms. The summed E-state index contributed by atoms with van der Waals surface area (Å²) in [4.78, 5) is 38.4. The van der Waals surface area contributed by atoms with Crippen LogP contribution in [0, 0.1) is 0 Å². The van der Waals surface area contributed by atoms with E-state index < -0.39 is 17.8 Å². The maximum Gasteiger partial charge on any atom is 0.335 e. The topological polar surface area (TPSA) is 95.9 Å². The first kappa shape index (κ1) is 22.6. The van der Waals surface area contributed by atoms with Gasteiger partial charge in [-0.25, -0.2) is 9.69 Å². The number of imide groups is 2. The summed E-state index contributed by atoms with van der Waals surface area (Å²) in [5.41, 5.74) is 1.47. The predicted molar refractivity (Wildman–Crippen MR) is 127 cm³/mol. The number of aromatic hydroxyl groups is 1. The maximum absolute atomic E-state index is 12.9. The van der Waals surface area contributed by atoms with Crippen LogP contribution in [0.5, 0.6) is 11.5 Å². The van der Waals surface area contributed by atoms with Crippen molar-refractivity contribution in [3.63, 3.8) is 0 Å². The largest absolute Gasteiger partial charge is 0.508 e. The van der Waals surface area contributed by atoms with Crippen LogP contribution in [0.2, 0.25) is 5.02 Å². The molecule has 33 heavy (non-hydrogen) atoms. The molecule has 0 aliphatic carbocycles. The summed E-state index contributed by atoms with van der Waals surface area (Å²) in [5, 5.41) is 12.2. The molecule has 0 aromatic heterocycles. The number of carbonyl (C=O) groups is 3. The van der Waals surface area contributed by atoms with Crippen molar-refractivity contribution in [3.05, 3.63) is 92.9 Å². The Balaban J connectivity index is 1.56. The lowest BCUT2D eigenvalue weighted by molar-refractivity contribution is -0.122. The Morgan fingerprint density at radius 2 is 1.79 bits per heavy atom. The number of phenolic OH excluding ortho intramolecular Hbond substituents is 1. The highest BCUT2D eigenvalue weighted by Gasteiger charge is 2.36. The molecule has 0 bridgehead atoms. The van der Waals surface area contributed by atoms with Crippen LogP contribution in [-0.4, -0.2) is 23.0 Å². The zero-order valence-corrected chi connectivity index (χ0v) is 19.3. The van der Waals surface area contributed by atoms with Crippen LogP contribution in [0.4, 0.5) is 10.5 Å². The third kappa shape index (κ3) is 5.08. The minimum Gasteiger partial charge on any atom is -0.508 e. The second-order valence-corrected chi connectivity index (χ2v) is 8.37. The molecule has 0 radical (unpaired) electrons. The number of hydrogen-bond donors (Lipinski definition) is 2. The van der Waals surface area contributed by atoms with Gasteiger partial charge in [0.1, 0.15) is 23.7 Å². The Morgan fingerprint density at radius 1 is 1.03 bits per heavy atom. The van der Waals surface area contributed by atoms with Gasteiger partial charge in [0.15, 0.2) is 0 Å². The summed E-state index contributed by atoms with van der Waals surface area (Å²) in [7, 11) is 0. The second-order valence-electron chi connectivity index (χ2n) is 7.08. The molecule has 1 aliphatic rings. The van der Waals surface area contributed by atoms with Gasteiger partial charge in [-0.15, -0.1) is 0 Å². The Kier molecular flexibility index (Phi) is 6.48. The van der Waals surface area contributed by atoms with Gasteiger partial charge in [0.25, 0.3) is 11.8 Å². The molecule has 3 aromatic carbocycles. The lowest BCUT2D eigenvalue weighted by Gasteiger charge is -2.26. The van der Waals surface area contributed by atoms with E-state index in [2.05, 4.69) is 21.2 Å². The number of nitrogens with one attached hydrogen (secondary N) is 1. The molecular formula is C24H16BrClN2O5. The molecule has 1 saturated heterocycles. The number of carbonyl (C=O) groups excluding carboxylic acids is 3. The molecule has 1 fully saturated rings. The number of anilines is 1. The lowest BCUT2D eigenvalue weighted by Crippen LogP contribution is -2.54. The van der Waals surface area contributed by atoms with E-state index in [1.807, 2.05) is 18.2 Å². The fourth-order valence-corrected chi connectivity index (χ4v) is 3.90. The number of halogens is 2. The van der Waals surface area contributed by atoms with E-state index in [0.29, 0.717) is 27.4 Å². The number of benzene rings is 3. The highest BCUT2D eigenvalue weighted by molar-refractivity contribution is 9.10. The Labute approximate surface area is 202 Å². The zero-order chi connectivity index (χ0) is 23.5. The van der Waals surface area contributed by atoms with Crippen molar-refractivity contribution in [1.29, 1.82) is 0 Å². The van der Waals surface area contributed by atoms with Crippen molar-refractivity contribution in [1.82, 2.24) is 5.32 Å². The molecule has 0 saturated carbocycles. The molecule has 9 heteroatoms. The van der Waals surface area contributed by atoms with Gasteiger partial charge in [-0.1, -0.05) is 29.8 Å². The number of ether oxygens (including phenoxy) is 1. The van der Waals surface area contributed by atoms with Crippen LogP contribution in [0.15, 0.2) is 76.8 Å². The minimum atomic E-state index is -0.862. The highest BCUT2D eigenvalue weighted by atomic mass is 79.9. The average Bonchev–Trinajstić information content (AvgIpc) is 2.77. The number of phenols is 1. The molecule has 0 unspecified atom stereocenters. The summed E-state index contributed by atoms with van der Waals surface area (Å²) in [5.74, 6) is -1.01. The first-order valence-electron chi connectivity index (χ1n) is 9.69. The van der Waals surface area contributed by atoms with E-state index in [9.17, 15) is 19.5 Å². The van der Waals surface area contributed by atoms with Crippen LogP contribution in [0.3, 0.4) is 0 Å². The summed E-state index contributed by atoms with van der Waals surface area (Å²) in [6, 6.07) is 17.0. The van der Waals surface area contributed by atoms with Gasteiger partial charge < -0.3 is 9.84 Å². The highest BCUT2D eigenvalue weighted by Crippen LogP contribution is 2.29. The summed E-state index contributed by atoms with van der Waals surface area (Å²) in [6.07, 6.45) is 1.39. The van der Waals surface area contributed by atoms with Gasteiger partial charge >= 0.3 is 6.03 Å². The standard InChI is InChI=1S/C24H16BrClN2O5/c25-20-12-14(4-9-21(20)33-13-15-2-1-3-16(26)10-15)11-19-22(30)27-24(32)28(23(19)31)17-5-7-18(29)8-6-17/h1-12,29H,13H2,(H,27,30,32)/b19-11+. The summed E-state index contributed by atoms with van der Waals surface area (Å²) >= 11 is 9.43. The van der Waals surface area contributed by atoms with Crippen molar-refractivity contribution < 1.29 is 24.2 Å². The molecule has 166 valence electrons. The first-order valence-corrected chi connectivity index (χ1v) is 10.9. The van der Waals surface area contributed by atoms with E-state index >= 15 is 0 Å². The fourth-order valence-electron chi connectivity index (χ4n) is 3.17. The van der Waals surface area contributed by atoms with Crippen molar-refractivity contribution in [3.8, 4) is 11.5 Å². The summed E-state index contributed by atoms with van der Waals surface area (Å²) in [6.45, 7) is 0.310. The normalized spacial score (nSPS) is 15.0. The fraction of sp³-hybridized carbons (Fsp3) is 0.0417. The molecule has 7 nitrogen and oxygen atoms in total.